The smallest absolute Gasteiger partial charge is 0.116 e. The molecule has 1 nitrogen and oxygen atoms in total. The largest absolute Gasteiger partial charge is 1.00 e. The predicted molar refractivity (Wildman–Crippen MR) is 91.1 cm³/mol. The van der Waals surface area contributed by atoms with E-state index < -0.39 is 0 Å². The molecule has 0 heterocycles. The van der Waals surface area contributed by atoms with Crippen LogP contribution in [-0.2, 0) is 28.1 Å². The van der Waals surface area contributed by atoms with Crippen molar-refractivity contribution in [3.63, 3.8) is 0 Å². The Bertz CT molecular complexity index is 725. The molecule has 0 fully saturated rings. The molecule has 130 valence electrons. The quantitative estimate of drug-likeness (QED) is 0.296. The zero-order valence-electron chi connectivity index (χ0n) is 14.2. The Morgan fingerprint density at radius 3 is 2.08 bits per heavy atom. The fourth-order valence-electron chi connectivity index (χ4n) is 2.95. The van der Waals surface area contributed by atoms with Crippen LogP contribution in [0.25, 0.3) is 11.1 Å². The van der Waals surface area contributed by atoms with Gasteiger partial charge < -0.3 is 29.9 Å². The third kappa shape index (κ3) is 5.90. The molecule has 4 heteroatoms. The van der Waals surface area contributed by atoms with Crippen molar-refractivity contribution in [3.8, 4) is 16.9 Å². The number of hydrogen-bond donors (Lipinski definition) is 1. The second-order valence-electron chi connectivity index (χ2n) is 5.74. The molecule has 0 aromatic heterocycles. The molecule has 0 saturated heterocycles. The van der Waals surface area contributed by atoms with Gasteiger partial charge in [0.25, 0.3) is 0 Å². The molecule has 0 atom stereocenters. The molecule has 3 aromatic rings. The Balaban J connectivity index is 0.000000435. The van der Waals surface area contributed by atoms with Gasteiger partial charge in [-0.3, -0.25) is 0 Å². The van der Waals surface area contributed by atoms with Crippen molar-refractivity contribution in [1.82, 2.24) is 0 Å². The van der Waals surface area contributed by atoms with Crippen LogP contribution in [0, 0.1) is 19.9 Å². The first-order chi connectivity index (χ1) is 10.6. The van der Waals surface area contributed by atoms with Gasteiger partial charge in [0.1, 0.15) is 5.75 Å². The van der Waals surface area contributed by atoms with Crippen LogP contribution in [-0.4, -0.2) is 5.11 Å². The van der Waals surface area contributed by atoms with E-state index in [9.17, 15) is 0 Å². The maximum Gasteiger partial charge on any atom is 0.116 e. The molecule has 25 heavy (non-hydrogen) atoms. The summed E-state index contributed by atoms with van der Waals surface area (Å²) in [4.78, 5) is 0. The fraction of sp³-hybridized carbons (Fsp3) is 0.143. The van der Waals surface area contributed by atoms with E-state index in [1.807, 2.05) is 26.0 Å². The summed E-state index contributed by atoms with van der Waals surface area (Å²) in [6, 6.07) is 23.6. The molecule has 1 N–H and O–H groups in total. The topological polar surface area (TPSA) is 20.2 Å². The molecule has 0 saturated carbocycles. The van der Waals surface area contributed by atoms with Crippen LogP contribution >= 0.6 is 0 Å². The minimum Gasteiger partial charge on any atom is -1.00 e. The van der Waals surface area contributed by atoms with Crippen molar-refractivity contribution in [2.24, 2.45) is 0 Å². The number of aryl methyl sites for hydroxylation is 2. The normalized spacial score (nSPS) is 9.84. The first-order valence-corrected chi connectivity index (χ1v) is 7.48. The fourth-order valence-corrected chi connectivity index (χ4v) is 2.95. The number of phenolic OH excluding ortho intramolecular Hbond substituents is 1. The number of halogens is 2. The Kier molecular flexibility index (Phi) is 10.1. The zero-order valence-corrected chi connectivity index (χ0v) is 17.3. The second kappa shape index (κ2) is 10.7. The number of rotatable bonds is 0. The molecular formula is C21H19Cl2OTi-3. The van der Waals surface area contributed by atoms with Gasteiger partial charge in [0.15, 0.2) is 0 Å². The Morgan fingerprint density at radius 2 is 1.44 bits per heavy atom. The summed E-state index contributed by atoms with van der Waals surface area (Å²) in [5.41, 5.74) is 7.72. The average Bonchev–Trinajstić information content (AvgIpc) is 2.85. The summed E-state index contributed by atoms with van der Waals surface area (Å²) in [6.07, 6.45) is 1.05. The minimum absolute atomic E-state index is 0. The number of fused-ring (bicyclic) bond motifs is 3. The van der Waals surface area contributed by atoms with Gasteiger partial charge in [-0.25, -0.2) is 0 Å². The van der Waals surface area contributed by atoms with Crippen molar-refractivity contribution in [3.05, 3.63) is 89.0 Å². The number of hydrogen-bond acceptors (Lipinski definition) is 1. The van der Waals surface area contributed by atoms with Crippen molar-refractivity contribution >= 4 is 0 Å². The van der Waals surface area contributed by atoms with E-state index in [4.69, 9.17) is 5.11 Å². The molecule has 3 aromatic carbocycles. The first-order valence-electron chi connectivity index (χ1n) is 7.48. The van der Waals surface area contributed by atoms with Crippen LogP contribution in [0.3, 0.4) is 0 Å². The van der Waals surface area contributed by atoms with Crippen LogP contribution in [0.15, 0.2) is 60.7 Å². The maximum absolute atomic E-state index is 8.99. The molecule has 0 aliphatic heterocycles. The third-order valence-electron chi connectivity index (χ3n) is 3.82. The molecule has 4 rings (SSSR count). The van der Waals surface area contributed by atoms with Gasteiger partial charge in [-0.05, 0) is 43.5 Å². The molecule has 0 unspecified atom stereocenters. The van der Waals surface area contributed by atoms with E-state index in [2.05, 4.69) is 42.5 Å². The zero-order chi connectivity index (χ0) is 15.5. The predicted octanol–water partition coefficient (Wildman–Crippen LogP) is -0.927. The minimum atomic E-state index is 0. The van der Waals surface area contributed by atoms with Crippen LogP contribution in [0.4, 0.5) is 0 Å². The first kappa shape index (κ1) is 23.8. The van der Waals surface area contributed by atoms with E-state index in [0.717, 1.165) is 17.5 Å². The van der Waals surface area contributed by atoms with Crippen LogP contribution in [0.5, 0.6) is 5.75 Å². The van der Waals surface area contributed by atoms with Gasteiger partial charge in [-0.2, -0.15) is 29.8 Å². The number of aromatic hydroxyl groups is 1. The molecule has 1 aliphatic carbocycles. The van der Waals surface area contributed by atoms with Crippen molar-refractivity contribution in [1.29, 1.82) is 0 Å². The molecule has 0 bridgehead atoms. The molecule has 0 amide bonds. The number of phenols is 1. The van der Waals surface area contributed by atoms with E-state index in [1.165, 1.54) is 22.3 Å². The Labute approximate surface area is 177 Å². The van der Waals surface area contributed by atoms with Crippen LogP contribution in [0.1, 0.15) is 22.3 Å². The van der Waals surface area contributed by atoms with Gasteiger partial charge in [0.05, 0.1) is 0 Å². The van der Waals surface area contributed by atoms with Crippen molar-refractivity contribution in [2.45, 2.75) is 20.3 Å². The monoisotopic (exact) mass is 405 g/mol. The van der Waals surface area contributed by atoms with Gasteiger partial charge >= 0.3 is 0 Å². The van der Waals surface area contributed by atoms with Crippen LogP contribution < -0.4 is 24.8 Å². The third-order valence-corrected chi connectivity index (χ3v) is 3.82. The SMILES string of the molecule is Cc1cc(C)cc(O)c1.[Cl-].[Cl-].[Ti].[c-]1cccc2c1Cc1ccccc1-2. The van der Waals surface area contributed by atoms with Gasteiger partial charge in [-0.1, -0.05) is 41.5 Å². The molecule has 0 radical (unpaired) electrons. The Morgan fingerprint density at radius 1 is 0.840 bits per heavy atom. The number of benzene rings is 3. The van der Waals surface area contributed by atoms with E-state index in [0.29, 0.717) is 5.75 Å². The maximum atomic E-state index is 8.99. The summed E-state index contributed by atoms with van der Waals surface area (Å²) >= 11 is 0. The Hall–Kier alpha value is -1.25. The molecule has 0 spiro atoms. The summed E-state index contributed by atoms with van der Waals surface area (Å²) in [7, 11) is 0. The molecule has 1 aliphatic rings. The second-order valence-corrected chi connectivity index (χ2v) is 5.74. The summed E-state index contributed by atoms with van der Waals surface area (Å²) in [6.45, 7) is 3.93. The average molecular weight is 406 g/mol. The van der Waals surface area contributed by atoms with Crippen molar-refractivity contribution in [2.75, 3.05) is 0 Å². The van der Waals surface area contributed by atoms with Gasteiger partial charge in [-0.15, -0.1) is 5.56 Å². The molecular weight excluding hydrogens is 387 g/mol. The van der Waals surface area contributed by atoms with Crippen LogP contribution in [0.2, 0.25) is 0 Å². The van der Waals surface area contributed by atoms with Gasteiger partial charge in [0, 0.05) is 21.7 Å². The van der Waals surface area contributed by atoms with E-state index in [-0.39, 0.29) is 46.5 Å². The van der Waals surface area contributed by atoms with E-state index in [1.54, 1.807) is 12.1 Å². The van der Waals surface area contributed by atoms with Gasteiger partial charge in [0.2, 0.25) is 0 Å². The van der Waals surface area contributed by atoms with Crippen molar-refractivity contribution < 1.29 is 51.6 Å². The summed E-state index contributed by atoms with van der Waals surface area (Å²) in [5, 5.41) is 8.99. The van der Waals surface area contributed by atoms with E-state index >= 15 is 0 Å². The standard InChI is InChI=1S/C13H9.C8H10O.2ClH.Ti/c1-3-7-12-10(5-1)9-11-6-2-4-8-13(11)12;1-6-3-7(2)5-8(9)4-6;;;/h1-5,7-8H,9H2;3-5,9H,1-2H3;2*1H;/q-1;;;;/p-2. The summed E-state index contributed by atoms with van der Waals surface area (Å²) in [5.74, 6) is 0.354. The summed E-state index contributed by atoms with van der Waals surface area (Å²) < 4.78 is 0.